The van der Waals surface area contributed by atoms with E-state index in [1.807, 2.05) is 36.4 Å². The van der Waals surface area contributed by atoms with Crippen LogP contribution in [0.4, 0.5) is 0 Å². The second-order valence-corrected chi connectivity index (χ2v) is 7.82. The molecule has 4 heteroatoms. The third kappa shape index (κ3) is 3.17. The standard InChI is InChI=1S/C24H25NO3/c26-24(28-19-7-2-1-3-8-19)18-12-11-17-15-22-20-9-4-5-10-23(20)27-14-6-13-25(22)21(17)16-18/h4-5,9-12,15-16,19H,1-3,6-8,13-14H2. The number of esters is 1. The number of nitrogens with zero attached hydrogens (tertiary/aromatic N) is 1. The van der Waals surface area contributed by atoms with Crippen molar-refractivity contribution in [1.29, 1.82) is 0 Å². The van der Waals surface area contributed by atoms with Crippen molar-refractivity contribution < 1.29 is 14.3 Å². The predicted molar refractivity (Wildman–Crippen MR) is 110 cm³/mol. The summed E-state index contributed by atoms with van der Waals surface area (Å²) >= 11 is 0. The summed E-state index contributed by atoms with van der Waals surface area (Å²) in [6.07, 6.45) is 6.56. The first-order chi connectivity index (χ1) is 13.8. The monoisotopic (exact) mass is 375 g/mol. The minimum atomic E-state index is -0.195. The van der Waals surface area contributed by atoms with Crippen molar-refractivity contribution in [3.8, 4) is 17.0 Å². The van der Waals surface area contributed by atoms with E-state index in [2.05, 4.69) is 16.7 Å². The van der Waals surface area contributed by atoms with Crippen LogP contribution in [-0.2, 0) is 11.3 Å². The van der Waals surface area contributed by atoms with Crippen LogP contribution < -0.4 is 4.74 Å². The summed E-state index contributed by atoms with van der Waals surface area (Å²) in [6.45, 7) is 1.56. The third-order valence-corrected chi connectivity index (χ3v) is 5.91. The lowest BCUT2D eigenvalue weighted by Gasteiger charge is -2.22. The highest BCUT2D eigenvalue weighted by molar-refractivity contribution is 5.96. The molecule has 4 nitrogen and oxygen atoms in total. The van der Waals surface area contributed by atoms with Gasteiger partial charge in [0.15, 0.2) is 0 Å². The maximum absolute atomic E-state index is 12.7. The van der Waals surface area contributed by atoms with Gasteiger partial charge in [-0.15, -0.1) is 0 Å². The Morgan fingerprint density at radius 2 is 1.86 bits per heavy atom. The molecule has 1 fully saturated rings. The number of para-hydroxylation sites is 1. The molecule has 0 unspecified atom stereocenters. The van der Waals surface area contributed by atoms with Crippen LogP contribution in [0.3, 0.4) is 0 Å². The van der Waals surface area contributed by atoms with Crippen LogP contribution >= 0.6 is 0 Å². The summed E-state index contributed by atoms with van der Waals surface area (Å²) in [5.41, 5.74) is 3.98. The molecule has 2 heterocycles. The summed E-state index contributed by atoms with van der Waals surface area (Å²) < 4.78 is 14.0. The van der Waals surface area contributed by atoms with Gasteiger partial charge in [-0.3, -0.25) is 0 Å². The number of hydrogen-bond acceptors (Lipinski definition) is 3. The zero-order chi connectivity index (χ0) is 18.9. The zero-order valence-corrected chi connectivity index (χ0v) is 16.0. The van der Waals surface area contributed by atoms with E-state index in [0.717, 1.165) is 66.6 Å². The number of fused-ring (bicyclic) bond motifs is 5. The Hall–Kier alpha value is -2.75. The molecule has 0 radical (unpaired) electrons. The van der Waals surface area contributed by atoms with Crippen molar-refractivity contribution in [1.82, 2.24) is 4.57 Å². The number of benzene rings is 2. The molecule has 0 bridgehead atoms. The first-order valence-corrected chi connectivity index (χ1v) is 10.4. The lowest BCUT2D eigenvalue weighted by molar-refractivity contribution is 0.0211. The van der Waals surface area contributed by atoms with Gasteiger partial charge in [0.1, 0.15) is 11.9 Å². The van der Waals surface area contributed by atoms with E-state index in [4.69, 9.17) is 9.47 Å². The fraction of sp³-hybridized carbons (Fsp3) is 0.375. The number of carbonyl (C=O) groups excluding carboxylic acids is 1. The maximum Gasteiger partial charge on any atom is 0.338 e. The molecule has 144 valence electrons. The quantitative estimate of drug-likeness (QED) is 0.549. The van der Waals surface area contributed by atoms with Crippen LogP contribution in [0.25, 0.3) is 22.2 Å². The number of carbonyl (C=O) groups is 1. The second-order valence-electron chi connectivity index (χ2n) is 7.82. The molecule has 2 aliphatic rings. The van der Waals surface area contributed by atoms with Crippen LogP contribution in [-0.4, -0.2) is 23.2 Å². The van der Waals surface area contributed by atoms with Gasteiger partial charge in [0.05, 0.1) is 17.9 Å². The molecule has 1 aliphatic carbocycles. The Morgan fingerprint density at radius 3 is 2.75 bits per heavy atom. The molecule has 3 aromatic rings. The Balaban J connectivity index is 1.52. The van der Waals surface area contributed by atoms with Crippen LogP contribution in [0.2, 0.25) is 0 Å². The number of ether oxygens (including phenoxy) is 2. The molecule has 1 saturated carbocycles. The van der Waals surface area contributed by atoms with Crippen molar-refractivity contribution in [3.63, 3.8) is 0 Å². The topological polar surface area (TPSA) is 40.5 Å². The van der Waals surface area contributed by atoms with Gasteiger partial charge in [0, 0.05) is 23.0 Å². The molecule has 28 heavy (non-hydrogen) atoms. The van der Waals surface area contributed by atoms with E-state index in [0.29, 0.717) is 12.2 Å². The molecule has 0 atom stereocenters. The molecule has 0 spiro atoms. The van der Waals surface area contributed by atoms with Crippen LogP contribution in [0.15, 0.2) is 48.5 Å². The number of hydrogen-bond donors (Lipinski definition) is 0. The van der Waals surface area contributed by atoms with E-state index in [1.54, 1.807) is 0 Å². The second kappa shape index (κ2) is 7.34. The van der Waals surface area contributed by atoms with Gasteiger partial charge in [-0.2, -0.15) is 0 Å². The van der Waals surface area contributed by atoms with E-state index in [9.17, 15) is 4.79 Å². The summed E-state index contributed by atoms with van der Waals surface area (Å²) in [7, 11) is 0. The van der Waals surface area contributed by atoms with Crippen LogP contribution in [0.1, 0.15) is 48.9 Å². The molecule has 0 N–H and O–H groups in total. The van der Waals surface area contributed by atoms with Gasteiger partial charge in [0.25, 0.3) is 0 Å². The third-order valence-electron chi connectivity index (χ3n) is 5.91. The van der Waals surface area contributed by atoms with E-state index in [1.165, 1.54) is 6.42 Å². The van der Waals surface area contributed by atoms with Crippen LogP contribution in [0.5, 0.6) is 5.75 Å². The van der Waals surface area contributed by atoms with Gasteiger partial charge in [-0.05, 0) is 62.4 Å². The average molecular weight is 375 g/mol. The Morgan fingerprint density at radius 1 is 1.00 bits per heavy atom. The number of aryl methyl sites for hydroxylation is 1. The summed E-state index contributed by atoms with van der Waals surface area (Å²) in [5, 5.41) is 1.14. The van der Waals surface area contributed by atoms with E-state index < -0.39 is 0 Å². The Bertz CT molecular complexity index is 1010. The van der Waals surface area contributed by atoms with Crippen molar-refractivity contribution in [2.45, 2.75) is 51.2 Å². The van der Waals surface area contributed by atoms with Crippen molar-refractivity contribution >= 4 is 16.9 Å². The molecule has 1 aromatic heterocycles. The van der Waals surface area contributed by atoms with Crippen molar-refractivity contribution in [2.24, 2.45) is 0 Å². The van der Waals surface area contributed by atoms with Gasteiger partial charge in [-0.25, -0.2) is 4.79 Å². The summed E-state index contributed by atoms with van der Waals surface area (Å²) in [4.78, 5) is 12.7. The fourth-order valence-corrected chi connectivity index (χ4v) is 4.46. The normalized spacial score (nSPS) is 17.1. The van der Waals surface area contributed by atoms with Crippen LogP contribution in [0, 0.1) is 0 Å². The highest BCUT2D eigenvalue weighted by Crippen LogP contribution is 2.36. The highest BCUT2D eigenvalue weighted by atomic mass is 16.5. The largest absolute Gasteiger partial charge is 0.493 e. The SMILES string of the molecule is O=C(OC1CCCCC1)c1ccc2cc3n(c2c1)CCCOc1ccccc1-3. The highest BCUT2D eigenvalue weighted by Gasteiger charge is 2.21. The first-order valence-electron chi connectivity index (χ1n) is 10.4. The smallest absolute Gasteiger partial charge is 0.338 e. The molecule has 5 rings (SSSR count). The molecular weight excluding hydrogens is 350 g/mol. The lowest BCUT2D eigenvalue weighted by atomic mass is 9.98. The zero-order valence-electron chi connectivity index (χ0n) is 16.0. The molecule has 0 saturated heterocycles. The molecular formula is C24H25NO3. The molecule has 2 aromatic carbocycles. The minimum absolute atomic E-state index is 0.0777. The Kier molecular flexibility index (Phi) is 4.55. The number of aromatic nitrogens is 1. The molecule has 1 aliphatic heterocycles. The summed E-state index contributed by atoms with van der Waals surface area (Å²) in [6, 6.07) is 16.3. The van der Waals surface area contributed by atoms with Gasteiger partial charge >= 0.3 is 5.97 Å². The fourth-order valence-electron chi connectivity index (χ4n) is 4.46. The van der Waals surface area contributed by atoms with E-state index in [-0.39, 0.29) is 12.1 Å². The van der Waals surface area contributed by atoms with Gasteiger partial charge in [-0.1, -0.05) is 24.6 Å². The van der Waals surface area contributed by atoms with Gasteiger partial charge < -0.3 is 14.0 Å². The first kappa shape index (κ1) is 17.4. The lowest BCUT2D eigenvalue weighted by Crippen LogP contribution is -2.20. The number of rotatable bonds is 2. The maximum atomic E-state index is 12.7. The Labute approximate surface area is 165 Å². The summed E-state index contributed by atoms with van der Waals surface area (Å²) in [5.74, 6) is 0.724. The molecule has 0 amide bonds. The van der Waals surface area contributed by atoms with E-state index >= 15 is 0 Å². The average Bonchev–Trinajstić information content (AvgIpc) is 3.07. The minimum Gasteiger partial charge on any atom is -0.493 e. The van der Waals surface area contributed by atoms with Crippen molar-refractivity contribution in [3.05, 3.63) is 54.1 Å². The predicted octanol–water partition coefficient (Wildman–Crippen LogP) is 5.58. The van der Waals surface area contributed by atoms with Gasteiger partial charge in [0.2, 0.25) is 0 Å². The van der Waals surface area contributed by atoms with Crippen molar-refractivity contribution in [2.75, 3.05) is 6.61 Å².